The minimum Gasteiger partial charge on any atom is -0.396 e. The minimum absolute atomic E-state index is 0.234. The molecule has 2 rings (SSSR count). The van der Waals surface area contributed by atoms with Gasteiger partial charge >= 0.3 is 0 Å². The molecule has 0 aromatic rings. The second-order valence-electron chi connectivity index (χ2n) is 3.90. The van der Waals surface area contributed by atoms with E-state index in [1.807, 2.05) is 0 Å². The molecule has 0 aromatic heterocycles. The van der Waals surface area contributed by atoms with E-state index in [-0.39, 0.29) is 12.8 Å². The maximum Gasteiger partial charge on any atom is 0.108 e. The summed E-state index contributed by atoms with van der Waals surface area (Å²) in [5, 5.41) is 12.1. The van der Waals surface area contributed by atoms with E-state index >= 15 is 0 Å². The molecule has 1 spiro atoms. The molecule has 1 saturated carbocycles. The van der Waals surface area contributed by atoms with Crippen LogP contribution in [0.4, 0.5) is 0 Å². The predicted octanol–water partition coefficient (Wildman–Crippen LogP) is 0.627. The van der Waals surface area contributed by atoms with Crippen molar-refractivity contribution in [3.05, 3.63) is 0 Å². The Labute approximate surface area is 73.1 Å². The number of nitrogens with one attached hydrogen (secondary N) is 1. The molecule has 0 bridgehead atoms. The van der Waals surface area contributed by atoms with Gasteiger partial charge in [0.1, 0.15) is 6.23 Å². The summed E-state index contributed by atoms with van der Waals surface area (Å²) in [6.45, 7) is 0.919. The van der Waals surface area contributed by atoms with Crippen LogP contribution in [-0.2, 0) is 4.74 Å². The van der Waals surface area contributed by atoms with E-state index in [0.717, 1.165) is 12.8 Å². The van der Waals surface area contributed by atoms with Crippen molar-refractivity contribution in [2.24, 2.45) is 0 Å². The molecular formula is C9H17NO2. The summed E-state index contributed by atoms with van der Waals surface area (Å²) in [4.78, 5) is 0. The predicted molar refractivity (Wildman–Crippen MR) is 45.8 cm³/mol. The lowest BCUT2D eigenvalue weighted by molar-refractivity contribution is 0.0314. The van der Waals surface area contributed by atoms with E-state index in [1.165, 1.54) is 19.3 Å². The van der Waals surface area contributed by atoms with Crippen LogP contribution in [0.25, 0.3) is 0 Å². The Morgan fingerprint density at radius 2 is 2.25 bits per heavy atom. The van der Waals surface area contributed by atoms with E-state index in [1.54, 1.807) is 0 Å². The van der Waals surface area contributed by atoms with Crippen molar-refractivity contribution < 1.29 is 9.84 Å². The maximum absolute atomic E-state index is 8.55. The van der Waals surface area contributed by atoms with E-state index in [4.69, 9.17) is 9.84 Å². The van der Waals surface area contributed by atoms with Crippen LogP contribution in [0.15, 0.2) is 0 Å². The van der Waals surface area contributed by atoms with Crippen molar-refractivity contribution in [1.82, 2.24) is 5.32 Å². The first-order valence-corrected chi connectivity index (χ1v) is 4.85. The number of ether oxygens (including phenoxy) is 1. The standard InChI is InChI=1S/C9H17NO2/c11-6-1-7-12-8-2-3-9(10-8)4-5-9/h8,10-11H,1-7H2. The van der Waals surface area contributed by atoms with Crippen LogP contribution in [0.1, 0.15) is 32.1 Å². The maximum atomic E-state index is 8.55. The normalized spacial score (nSPS) is 31.2. The Hall–Kier alpha value is -0.120. The molecule has 0 radical (unpaired) electrons. The number of hydrogen-bond donors (Lipinski definition) is 2. The smallest absolute Gasteiger partial charge is 0.108 e. The molecule has 0 aromatic carbocycles. The highest BCUT2D eigenvalue weighted by atomic mass is 16.5. The van der Waals surface area contributed by atoms with Crippen molar-refractivity contribution in [3.63, 3.8) is 0 Å². The molecule has 1 aliphatic carbocycles. The first-order chi connectivity index (χ1) is 5.85. The van der Waals surface area contributed by atoms with Gasteiger partial charge in [0.25, 0.3) is 0 Å². The van der Waals surface area contributed by atoms with E-state index in [2.05, 4.69) is 5.32 Å². The molecule has 1 atom stereocenters. The van der Waals surface area contributed by atoms with Crippen molar-refractivity contribution in [3.8, 4) is 0 Å². The first-order valence-electron chi connectivity index (χ1n) is 4.85. The Balaban J connectivity index is 1.63. The fourth-order valence-electron chi connectivity index (χ4n) is 1.85. The van der Waals surface area contributed by atoms with Crippen LogP contribution in [0.3, 0.4) is 0 Å². The quantitative estimate of drug-likeness (QED) is 0.609. The third-order valence-electron chi connectivity index (χ3n) is 2.83. The monoisotopic (exact) mass is 171 g/mol. The highest BCUT2D eigenvalue weighted by Gasteiger charge is 2.48. The van der Waals surface area contributed by atoms with Gasteiger partial charge in [-0.25, -0.2) is 0 Å². The number of rotatable bonds is 4. The highest BCUT2D eigenvalue weighted by Crippen LogP contribution is 2.44. The lowest BCUT2D eigenvalue weighted by Gasteiger charge is -2.13. The van der Waals surface area contributed by atoms with Crippen molar-refractivity contribution in [2.45, 2.75) is 43.9 Å². The fourth-order valence-corrected chi connectivity index (χ4v) is 1.85. The molecule has 3 nitrogen and oxygen atoms in total. The zero-order valence-electron chi connectivity index (χ0n) is 7.38. The second kappa shape index (κ2) is 3.32. The van der Waals surface area contributed by atoms with Gasteiger partial charge in [-0.05, 0) is 32.1 Å². The molecule has 70 valence electrons. The zero-order chi connectivity index (χ0) is 8.44. The van der Waals surface area contributed by atoms with Crippen molar-refractivity contribution >= 4 is 0 Å². The molecule has 1 heterocycles. The van der Waals surface area contributed by atoms with Crippen molar-refractivity contribution in [1.29, 1.82) is 0 Å². The number of aliphatic hydroxyl groups is 1. The zero-order valence-corrected chi connectivity index (χ0v) is 7.38. The molecular weight excluding hydrogens is 154 g/mol. The number of hydrogen-bond acceptors (Lipinski definition) is 3. The molecule has 12 heavy (non-hydrogen) atoms. The van der Waals surface area contributed by atoms with Crippen LogP contribution in [0.2, 0.25) is 0 Å². The molecule has 1 aliphatic heterocycles. The second-order valence-corrected chi connectivity index (χ2v) is 3.90. The summed E-state index contributed by atoms with van der Waals surface area (Å²) in [7, 11) is 0. The molecule has 1 saturated heterocycles. The van der Waals surface area contributed by atoms with Crippen LogP contribution >= 0.6 is 0 Å². The van der Waals surface area contributed by atoms with Crippen LogP contribution in [0, 0.1) is 0 Å². The average molecular weight is 171 g/mol. The van der Waals surface area contributed by atoms with Gasteiger partial charge in [-0.1, -0.05) is 0 Å². The van der Waals surface area contributed by atoms with Gasteiger partial charge in [0.15, 0.2) is 0 Å². The molecule has 2 fully saturated rings. The summed E-state index contributed by atoms with van der Waals surface area (Å²) in [5.74, 6) is 0. The third-order valence-corrected chi connectivity index (χ3v) is 2.83. The molecule has 3 heteroatoms. The van der Waals surface area contributed by atoms with Gasteiger partial charge < -0.3 is 9.84 Å². The fraction of sp³-hybridized carbons (Fsp3) is 1.00. The van der Waals surface area contributed by atoms with Crippen LogP contribution in [-0.4, -0.2) is 30.1 Å². The Morgan fingerprint density at radius 3 is 2.83 bits per heavy atom. The van der Waals surface area contributed by atoms with Crippen molar-refractivity contribution in [2.75, 3.05) is 13.2 Å². The van der Waals surface area contributed by atoms with Gasteiger partial charge in [-0.3, -0.25) is 5.32 Å². The van der Waals surface area contributed by atoms with Gasteiger partial charge in [0, 0.05) is 12.1 Å². The first kappa shape index (κ1) is 8.48. The van der Waals surface area contributed by atoms with Crippen LogP contribution < -0.4 is 5.32 Å². The Kier molecular flexibility index (Phi) is 2.35. The summed E-state index contributed by atoms with van der Waals surface area (Å²) in [5.41, 5.74) is 0.476. The SMILES string of the molecule is OCCCOC1CCC2(CC2)N1. The summed E-state index contributed by atoms with van der Waals surface area (Å²) >= 11 is 0. The highest BCUT2D eigenvalue weighted by molar-refractivity contribution is 5.06. The van der Waals surface area contributed by atoms with E-state index in [0.29, 0.717) is 12.1 Å². The van der Waals surface area contributed by atoms with Crippen LogP contribution in [0.5, 0.6) is 0 Å². The Morgan fingerprint density at radius 1 is 1.42 bits per heavy atom. The van der Waals surface area contributed by atoms with E-state index < -0.39 is 0 Å². The average Bonchev–Trinajstić information content (AvgIpc) is 2.68. The molecule has 0 amide bonds. The third kappa shape index (κ3) is 1.79. The van der Waals surface area contributed by atoms with Gasteiger partial charge in [0.05, 0.1) is 6.61 Å². The number of aliphatic hydroxyl groups excluding tert-OH is 1. The minimum atomic E-state index is 0.234. The van der Waals surface area contributed by atoms with Gasteiger partial charge in [0.2, 0.25) is 0 Å². The molecule has 1 unspecified atom stereocenters. The van der Waals surface area contributed by atoms with Gasteiger partial charge in [-0.2, -0.15) is 0 Å². The Bertz CT molecular complexity index is 157. The van der Waals surface area contributed by atoms with Gasteiger partial charge in [-0.15, -0.1) is 0 Å². The summed E-state index contributed by atoms with van der Waals surface area (Å²) in [6, 6.07) is 0. The topological polar surface area (TPSA) is 41.5 Å². The van der Waals surface area contributed by atoms with E-state index in [9.17, 15) is 0 Å². The largest absolute Gasteiger partial charge is 0.396 e. The summed E-state index contributed by atoms with van der Waals surface area (Å²) in [6.07, 6.45) is 6.09. The lowest BCUT2D eigenvalue weighted by Crippen LogP contribution is -2.33. The molecule has 2 N–H and O–H groups in total. The summed E-state index contributed by atoms with van der Waals surface area (Å²) < 4.78 is 5.55. The molecule has 2 aliphatic rings. The lowest BCUT2D eigenvalue weighted by atomic mass is 10.2.